The molecule has 0 aliphatic carbocycles. The molecule has 0 unspecified atom stereocenters. The Morgan fingerprint density at radius 2 is 1.73 bits per heavy atom. The van der Waals surface area contributed by atoms with Crippen molar-refractivity contribution >= 4 is 16.7 Å². The van der Waals surface area contributed by atoms with Crippen molar-refractivity contribution in [3.63, 3.8) is 0 Å². The Labute approximate surface area is 177 Å². The van der Waals surface area contributed by atoms with E-state index in [2.05, 4.69) is 11.9 Å². The zero-order valence-corrected chi connectivity index (χ0v) is 17.7. The Bertz CT molecular complexity index is 975. The van der Waals surface area contributed by atoms with Crippen LogP contribution in [0.25, 0.3) is 10.9 Å². The zero-order valence-electron chi connectivity index (χ0n) is 17.7. The van der Waals surface area contributed by atoms with Gasteiger partial charge in [-0.15, -0.1) is 0 Å². The predicted molar refractivity (Wildman–Crippen MR) is 117 cm³/mol. The highest BCUT2D eigenvalue weighted by molar-refractivity contribution is 6.09. The number of nitrogens with one attached hydrogen (secondary N) is 3. The van der Waals surface area contributed by atoms with Gasteiger partial charge in [0.05, 0.1) is 7.11 Å². The summed E-state index contributed by atoms with van der Waals surface area (Å²) < 4.78 is 11.0. The molecule has 6 heteroatoms. The summed E-state index contributed by atoms with van der Waals surface area (Å²) in [6.45, 7) is 7.88. The molecular weight excluding hydrogens is 378 g/mol. The molecule has 0 spiro atoms. The van der Waals surface area contributed by atoms with Gasteiger partial charge in [0.15, 0.2) is 0 Å². The third-order valence-corrected chi connectivity index (χ3v) is 6.24. The van der Waals surface area contributed by atoms with E-state index < -0.39 is 0 Å². The summed E-state index contributed by atoms with van der Waals surface area (Å²) in [4.78, 5) is 19.2. The second kappa shape index (κ2) is 9.32. The van der Waals surface area contributed by atoms with E-state index in [4.69, 9.17) is 9.47 Å². The molecule has 1 fully saturated rings. The number of piperazine rings is 1. The maximum Gasteiger partial charge on any atom is 0.221 e. The smallest absolute Gasteiger partial charge is 0.221 e. The number of hydrogen-bond acceptors (Lipinski definition) is 3. The minimum absolute atomic E-state index is 0.0266. The highest BCUT2D eigenvalue weighted by atomic mass is 16.5. The van der Waals surface area contributed by atoms with Crippen LogP contribution in [-0.4, -0.2) is 63.2 Å². The molecule has 3 N–H and O–H groups in total. The highest BCUT2D eigenvalue weighted by Gasteiger charge is 2.32. The average Bonchev–Trinajstić information content (AvgIpc) is 3.23. The van der Waals surface area contributed by atoms with E-state index in [0.717, 1.165) is 60.7 Å². The quantitative estimate of drug-likeness (QED) is 0.478. The lowest BCUT2D eigenvalue weighted by molar-refractivity contribution is -1.02. The Hall–Kier alpha value is -2.83. The van der Waals surface area contributed by atoms with Crippen LogP contribution in [0.2, 0.25) is 0 Å². The van der Waals surface area contributed by atoms with E-state index in [-0.39, 0.29) is 11.8 Å². The van der Waals surface area contributed by atoms with Crippen molar-refractivity contribution in [1.29, 1.82) is 0 Å². The molecule has 0 amide bonds. The van der Waals surface area contributed by atoms with Crippen LogP contribution in [0.3, 0.4) is 0 Å². The van der Waals surface area contributed by atoms with Crippen molar-refractivity contribution < 1.29 is 24.1 Å². The van der Waals surface area contributed by atoms with Gasteiger partial charge < -0.3 is 24.3 Å². The van der Waals surface area contributed by atoms with Crippen LogP contribution in [0.15, 0.2) is 54.7 Å². The lowest BCUT2D eigenvalue weighted by Gasteiger charge is -2.32. The van der Waals surface area contributed by atoms with E-state index in [9.17, 15) is 4.79 Å². The second-order valence-corrected chi connectivity index (χ2v) is 8.02. The monoisotopic (exact) mass is 409 g/mol. The summed E-state index contributed by atoms with van der Waals surface area (Å²) in [5, 5.41) is 1.02. The number of ketones is 1. The fourth-order valence-electron chi connectivity index (χ4n) is 4.29. The molecule has 3 aromatic rings. The van der Waals surface area contributed by atoms with E-state index >= 15 is 0 Å². The Kier molecular flexibility index (Phi) is 6.35. The fourth-order valence-corrected chi connectivity index (χ4v) is 4.29. The lowest BCUT2D eigenvalue weighted by atomic mass is 10.0. The van der Waals surface area contributed by atoms with Crippen molar-refractivity contribution in [2.75, 3.05) is 46.4 Å². The molecule has 158 valence electrons. The zero-order chi connectivity index (χ0) is 20.9. The number of rotatable bonds is 8. The molecule has 6 nitrogen and oxygen atoms in total. The molecule has 0 bridgehead atoms. The lowest BCUT2D eigenvalue weighted by Crippen LogP contribution is -3.30. The van der Waals surface area contributed by atoms with Gasteiger partial charge in [-0.2, -0.15) is 0 Å². The van der Waals surface area contributed by atoms with Gasteiger partial charge in [-0.3, -0.25) is 4.79 Å². The maximum absolute atomic E-state index is 13.1. The van der Waals surface area contributed by atoms with Crippen molar-refractivity contribution in [3.8, 4) is 11.5 Å². The Morgan fingerprint density at radius 1 is 1.03 bits per heavy atom. The van der Waals surface area contributed by atoms with Crippen molar-refractivity contribution in [1.82, 2.24) is 4.98 Å². The van der Waals surface area contributed by atoms with Crippen LogP contribution in [0.4, 0.5) is 0 Å². The first kappa shape index (κ1) is 20.4. The number of fused-ring (bicyclic) bond motifs is 1. The van der Waals surface area contributed by atoms with Crippen LogP contribution in [0, 0.1) is 0 Å². The minimum atomic E-state index is -0.0266. The number of benzene rings is 2. The number of Topliss-reactive ketones (excluding diaryl/α,β-unsaturated/α-hetero) is 1. The number of carbonyl (C=O) groups excluding carboxylic acids is 1. The first-order valence-corrected chi connectivity index (χ1v) is 10.7. The molecule has 1 atom stereocenters. The topological polar surface area (TPSA) is 60.2 Å². The number of hydrogen-bond donors (Lipinski definition) is 3. The summed E-state index contributed by atoms with van der Waals surface area (Å²) in [5.74, 6) is 1.94. The standard InChI is InChI=1S/C24H29N3O3/c1-18(24(28)22-17-25-23-6-4-3-5-21(22)23)27-13-11-26(12-14-27)15-16-30-20-9-7-19(29-2)8-10-20/h3-10,17-18,25H,11-16H2,1-2H3/p+2/t18-/m0/s1. The number of ether oxygens (including phenoxy) is 2. The van der Waals surface area contributed by atoms with Gasteiger partial charge in [-0.1, -0.05) is 18.2 Å². The SMILES string of the molecule is COc1ccc(OCC[NH+]2CC[NH+]([C@@H](C)C(=O)c3c[nH]c4ccccc34)CC2)cc1. The molecule has 2 heterocycles. The van der Waals surface area contributed by atoms with Crippen molar-refractivity contribution in [3.05, 3.63) is 60.3 Å². The summed E-state index contributed by atoms with van der Waals surface area (Å²) in [7, 11) is 1.66. The molecule has 2 aromatic carbocycles. The summed E-state index contributed by atoms with van der Waals surface area (Å²) in [5.41, 5.74) is 1.84. The van der Waals surface area contributed by atoms with Crippen molar-refractivity contribution in [2.24, 2.45) is 0 Å². The van der Waals surface area contributed by atoms with Gasteiger partial charge in [-0.25, -0.2) is 0 Å². The first-order chi connectivity index (χ1) is 14.7. The summed E-state index contributed by atoms with van der Waals surface area (Å²) >= 11 is 0. The fraction of sp³-hybridized carbons (Fsp3) is 0.375. The number of aromatic nitrogens is 1. The van der Waals surface area contributed by atoms with Gasteiger partial charge in [0.25, 0.3) is 0 Å². The van der Waals surface area contributed by atoms with Crippen LogP contribution in [-0.2, 0) is 0 Å². The molecular formula is C24H31N3O3+2. The van der Waals surface area contributed by atoms with Crippen molar-refractivity contribution in [2.45, 2.75) is 13.0 Å². The number of methoxy groups -OCH3 is 1. The normalized spacial score (nSPS) is 20.1. The third kappa shape index (κ3) is 4.50. The molecule has 1 aliphatic rings. The van der Waals surface area contributed by atoms with E-state index in [1.165, 1.54) is 4.90 Å². The maximum atomic E-state index is 13.1. The molecule has 1 aliphatic heterocycles. The number of quaternary nitrogens is 2. The van der Waals surface area contributed by atoms with Gasteiger partial charge >= 0.3 is 0 Å². The molecule has 30 heavy (non-hydrogen) atoms. The minimum Gasteiger partial charge on any atom is -0.497 e. The molecule has 0 saturated carbocycles. The van der Waals surface area contributed by atoms with E-state index in [0.29, 0.717) is 6.61 Å². The Morgan fingerprint density at radius 3 is 2.47 bits per heavy atom. The van der Waals surface area contributed by atoms with Crippen LogP contribution >= 0.6 is 0 Å². The summed E-state index contributed by atoms with van der Waals surface area (Å²) in [6.07, 6.45) is 1.86. The van der Waals surface area contributed by atoms with Gasteiger partial charge in [0.2, 0.25) is 5.78 Å². The number of aromatic amines is 1. The third-order valence-electron chi connectivity index (χ3n) is 6.24. The first-order valence-electron chi connectivity index (χ1n) is 10.7. The number of para-hydroxylation sites is 1. The molecule has 1 saturated heterocycles. The van der Waals surface area contributed by atoms with Crippen LogP contribution in [0.5, 0.6) is 11.5 Å². The largest absolute Gasteiger partial charge is 0.497 e. The predicted octanol–water partition coefficient (Wildman–Crippen LogP) is 0.610. The van der Waals surface area contributed by atoms with Crippen LogP contribution < -0.4 is 19.3 Å². The molecule has 4 rings (SSSR count). The Balaban J connectivity index is 1.25. The van der Waals surface area contributed by atoms with Gasteiger partial charge in [0, 0.05) is 22.7 Å². The second-order valence-electron chi connectivity index (χ2n) is 8.02. The molecule has 1 aromatic heterocycles. The van der Waals surface area contributed by atoms with E-state index in [1.807, 2.05) is 54.7 Å². The van der Waals surface area contributed by atoms with E-state index in [1.54, 1.807) is 12.0 Å². The van der Waals surface area contributed by atoms with Crippen LogP contribution in [0.1, 0.15) is 17.3 Å². The summed E-state index contributed by atoms with van der Waals surface area (Å²) in [6, 6.07) is 15.7. The average molecular weight is 410 g/mol. The highest BCUT2D eigenvalue weighted by Crippen LogP contribution is 2.19. The molecule has 0 radical (unpaired) electrons. The number of H-pyrrole nitrogens is 1. The van der Waals surface area contributed by atoms with Gasteiger partial charge in [0.1, 0.15) is 56.9 Å². The number of carbonyl (C=O) groups is 1. The van der Waals surface area contributed by atoms with Gasteiger partial charge in [-0.05, 0) is 37.3 Å².